The van der Waals surface area contributed by atoms with Crippen LogP contribution in [0, 0.1) is 5.92 Å². The molecule has 7 heteroatoms. The lowest BCUT2D eigenvalue weighted by atomic mass is 9.98. The van der Waals surface area contributed by atoms with Crippen LogP contribution >= 0.6 is 0 Å². The molecule has 2 amide bonds. The molecule has 0 radical (unpaired) electrons. The monoisotopic (exact) mass is 478 g/mol. The molecule has 2 aromatic carbocycles. The van der Waals surface area contributed by atoms with Gasteiger partial charge in [-0.15, -0.1) is 0 Å². The summed E-state index contributed by atoms with van der Waals surface area (Å²) in [6.45, 7) is 6.18. The Morgan fingerprint density at radius 2 is 1.63 bits per heavy atom. The van der Waals surface area contributed by atoms with E-state index in [9.17, 15) is 19.5 Å². The summed E-state index contributed by atoms with van der Waals surface area (Å²) >= 11 is 0. The van der Waals surface area contributed by atoms with Crippen LogP contribution in [-0.2, 0) is 14.3 Å². The molecule has 0 heterocycles. The number of hydrogen-bond donors (Lipinski definition) is 3. The molecule has 186 valence electrons. The second-order valence-electron chi connectivity index (χ2n) is 9.16. The van der Waals surface area contributed by atoms with E-state index in [-0.39, 0.29) is 43.7 Å². The number of benzene rings is 2. The van der Waals surface area contributed by atoms with Gasteiger partial charge in [-0.1, -0.05) is 73.5 Å². The van der Waals surface area contributed by atoms with Crippen LogP contribution in [0.5, 0.6) is 0 Å². The second-order valence-corrected chi connectivity index (χ2v) is 9.16. The van der Waals surface area contributed by atoms with Crippen LogP contribution in [0.3, 0.4) is 0 Å². The maximum Gasteiger partial charge on any atom is 0.407 e. The van der Waals surface area contributed by atoms with Crippen LogP contribution < -0.4 is 10.6 Å². The fourth-order valence-electron chi connectivity index (χ4n) is 4.33. The molecule has 0 aliphatic heterocycles. The predicted octanol–water partition coefficient (Wildman–Crippen LogP) is 4.87. The Balaban J connectivity index is 1.49. The van der Waals surface area contributed by atoms with E-state index in [1.807, 2.05) is 45.0 Å². The summed E-state index contributed by atoms with van der Waals surface area (Å²) in [6.07, 6.45) is 2.27. The number of nitrogens with one attached hydrogen (secondary N) is 2. The van der Waals surface area contributed by atoms with E-state index in [2.05, 4.69) is 34.9 Å². The van der Waals surface area contributed by atoms with E-state index >= 15 is 0 Å². The van der Waals surface area contributed by atoms with Crippen molar-refractivity contribution in [1.29, 1.82) is 0 Å². The average molecular weight is 479 g/mol. The zero-order valence-corrected chi connectivity index (χ0v) is 20.5. The standard InChI is InChI=1S/C28H34N2O5/c1-4-19(15-26(31)30-25(27(32)33)14-13-18(2)3)16-29-28(34)35-17-24-22-11-7-5-9-20(22)21-10-6-8-12-23(21)24/h5-13,19,24-25H,4,14-17H2,1-3H3,(H,29,34)(H,30,31)(H,32,33). The highest BCUT2D eigenvalue weighted by atomic mass is 16.5. The maximum atomic E-state index is 12.4. The Hall–Kier alpha value is -3.61. The topological polar surface area (TPSA) is 105 Å². The second kappa shape index (κ2) is 12.2. The summed E-state index contributed by atoms with van der Waals surface area (Å²) in [6, 6.07) is 15.3. The normalized spacial score (nSPS) is 13.7. The Labute approximate surface area is 206 Å². The summed E-state index contributed by atoms with van der Waals surface area (Å²) in [4.78, 5) is 36.3. The molecular weight excluding hydrogens is 444 g/mol. The molecule has 0 fully saturated rings. The number of allylic oxidation sites excluding steroid dienone is 1. The zero-order valence-electron chi connectivity index (χ0n) is 20.5. The summed E-state index contributed by atoms with van der Waals surface area (Å²) < 4.78 is 5.56. The number of carbonyl (C=O) groups excluding carboxylic acids is 2. The minimum absolute atomic E-state index is 0.0188. The largest absolute Gasteiger partial charge is 0.480 e. The Morgan fingerprint density at radius 3 is 2.17 bits per heavy atom. The summed E-state index contributed by atoms with van der Waals surface area (Å²) in [5.41, 5.74) is 5.61. The van der Waals surface area contributed by atoms with Gasteiger partial charge in [0.05, 0.1) is 0 Å². The first kappa shape index (κ1) is 26.0. The molecule has 1 aliphatic rings. The first-order chi connectivity index (χ1) is 16.8. The van der Waals surface area contributed by atoms with Gasteiger partial charge in [0.1, 0.15) is 12.6 Å². The van der Waals surface area contributed by atoms with Crippen molar-refractivity contribution in [2.75, 3.05) is 13.2 Å². The maximum absolute atomic E-state index is 12.4. The van der Waals surface area contributed by atoms with E-state index in [1.165, 1.54) is 11.1 Å². The Kier molecular flexibility index (Phi) is 9.06. The van der Waals surface area contributed by atoms with E-state index in [4.69, 9.17) is 4.74 Å². The molecule has 7 nitrogen and oxygen atoms in total. The van der Waals surface area contributed by atoms with Gasteiger partial charge in [-0.05, 0) is 48.4 Å². The summed E-state index contributed by atoms with van der Waals surface area (Å²) in [5.74, 6) is -1.57. The van der Waals surface area contributed by atoms with Crippen molar-refractivity contribution >= 4 is 18.0 Å². The average Bonchev–Trinajstić information content (AvgIpc) is 3.16. The van der Waals surface area contributed by atoms with Crippen molar-refractivity contribution in [2.24, 2.45) is 5.92 Å². The molecule has 2 unspecified atom stereocenters. The molecule has 35 heavy (non-hydrogen) atoms. The highest BCUT2D eigenvalue weighted by Crippen LogP contribution is 2.44. The van der Waals surface area contributed by atoms with Crippen LogP contribution in [0.4, 0.5) is 4.79 Å². The van der Waals surface area contributed by atoms with Gasteiger partial charge in [0, 0.05) is 18.9 Å². The van der Waals surface area contributed by atoms with Gasteiger partial charge in [0.2, 0.25) is 5.91 Å². The lowest BCUT2D eigenvalue weighted by Gasteiger charge is -2.19. The fraction of sp³-hybridized carbons (Fsp3) is 0.393. The highest BCUT2D eigenvalue weighted by molar-refractivity contribution is 5.84. The van der Waals surface area contributed by atoms with Gasteiger partial charge in [-0.2, -0.15) is 0 Å². The number of rotatable bonds is 11. The van der Waals surface area contributed by atoms with Crippen LogP contribution in [-0.4, -0.2) is 42.3 Å². The zero-order chi connectivity index (χ0) is 25.4. The number of fused-ring (bicyclic) bond motifs is 3. The third-order valence-electron chi connectivity index (χ3n) is 6.33. The van der Waals surface area contributed by atoms with Gasteiger partial charge in [-0.3, -0.25) is 4.79 Å². The van der Waals surface area contributed by atoms with Crippen LogP contribution in [0.1, 0.15) is 57.1 Å². The predicted molar refractivity (Wildman–Crippen MR) is 135 cm³/mol. The first-order valence-electron chi connectivity index (χ1n) is 12.0. The van der Waals surface area contributed by atoms with E-state index in [1.54, 1.807) is 6.08 Å². The van der Waals surface area contributed by atoms with Crippen LogP contribution in [0.15, 0.2) is 60.2 Å². The summed E-state index contributed by atoms with van der Waals surface area (Å²) in [5, 5.41) is 14.7. The number of carboxylic acid groups (broad SMARTS) is 1. The quantitative estimate of drug-likeness (QED) is 0.400. The first-order valence-corrected chi connectivity index (χ1v) is 12.0. The number of ether oxygens (including phenoxy) is 1. The van der Waals surface area contributed by atoms with Gasteiger partial charge in [-0.25, -0.2) is 9.59 Å². The number of alkyl carbamates (subject to hydrolysis) is 1. The van der Waals surface area contributed by atoms with Crippen molar-refractivity contribution < 1.29 is 24.2 Å². The van der Waals surface area contributed by atoms with E-state index in [0.29, 0.717) is 6.42 Å². The van der Waals surface area contributed by atoms with Crippen LogP contribution in [0.25, 0.3) is 11.1 Å². The minimum atomic E-state index is -1.07. The number of hydrogen-bond acceptors (Lipinski definition) is 4. The number of carboxylic acids is 1. The van der Waals surface area contributed by atoms with Gasteiger partial charge in [0.15, 0.2) is 0 Å². The van der Waals surface area contributed by atoms with Crippen molar-refractivity contribution in [1.82, 2.24) is 10.6 Å². The molecule has 1 aliphatic carbocycles. The van der Waals surface area contributed by atoms with Gasteiger partial charge < -0.3 is 20.5 Å². The van der Waals surface area contributed by atoms with Crippen LogP contribution in [0.2, 0.25) is 0 Å². The lowest BCUT2D eigenvalue weighted by molar-refractivity contribution is -0.141. The fourth-order valence-corrected chi connectivity index (χ4v) is 4.33. The molecule has 0 bridgehead atoms. The Morgan fingerprint density at radius 1 is 1.03 bits per heavy atom. The van der Waals surface area contributed by atoms with Gasteiger partial charge >= 0.3 is 12.1 Å². The van der Waals surface area contributed by atoms with Crippen molar-refractivity contribution in [3.63, 3.8) is 0 Å². The smallest absolute Gasteiger partial charge is 0.407 e. The van der Waals surface area contributed by atoms with Crippen molar-refractivity contribution in [3.05, 3.63) is 71.3 Å². The lowest BCUT2D eigenvalue weighted by Crippen LogP contribution is -2.42. The third kappa shape index (κ3) is 6.94. The van der Waals surface area contributed by atoms with Gasteiger partial charge in [0.25, 0.3) is 0 Å². The third-order valence-corrected chi connectivity index (χ3v) is 6.33. The number of aliphatic carboxylic acids is 1. The molecule has 3 N–H and O–H groups in total. The van der Waals surface area contributed by atoms with Crippen molar-refractivity contribution in [2.45, 2.75) is 52.0 Å². The molecule has 0 saturated carbocycles. The van der Waals surface area contributed by atoms with Crippen molar-refractivity contribution in [3.8, 4) is 11.1 Å². The highest BCUT2D eigenvalue weighted by Gasteiger charge is 2.29. The molecule has 2 aromatic rings. The molecule has 0 aromatic heterocycles. The Bertz CT molecular complexity index is 1040. The van der Waals surface area contributed by atoms with E-state index in [0.717, 1.165) is 16.7 Å². The molecule has 0 saturated heterocycles. The molecule has 2 atom stereocenters. The molecular formula is C28H34N2O5. The number of carbonyl (C=O) groups is 3. The SMILES string of the molecule is CCC(CNC(=O)OCC1c2ccccc2-c2ccccc21)CC(=O)NC(CC=C(C)C)C(=O)O. The molecule has 0 spiro atoms. The minimum Gasteiger partial charge on any atom is -0.480 e. The summed E-state index contributed by atoms with van der Waals surface area (Å²) in [7, 11) is 0. The number of amides is 2. The van der Waals surface area contributed by atoms with E-state index < -0.39 is 18.1 Å². The molecule has 3 rings (SSSR count).